The third-order valence-electron chi connectivity index (χ3n) is 8.20. The number of rotatable bonds is 23. The Labute approximate surface area is 310 Å². The minimum absolute atomic E-state index is 0.0290. The molecule has 0 radical (unpaired) electrons. The molecule has 2 saturated heterocycles. The molecule has 2 heterocycles. The van der Waals surface area contributed by atoms with Gasteiger partial charge in [0.1, 0.15) is 18.8 Å². The van der Waals surface area contributed by atoms with Crippen LogP contribution in [-0.4, -0.2) is 121 Å². The number of hydrogen-bond acceptors (Lipinski definition) is 17. The van der Waals surface area contributed by atoms with Crippen LogP contribution in [0.2, 0.25) is 0 Å². The van der Waals surface area contributed by atoms with Crippen molar-refractivity contribution in [3.8, 4) is 0 Å². The van der Waals surface area contributed by atoms with Gasteiger partial charge in [-0.3, -0.25) is 28.8 Å². The maximum Gasteiger partial charge on any atom is 0.306 e. The standard InChI is InChI=1S/C36H58O17/c1-7-13-24(39)45-21-36(34(51-29(44)18-12-6)31(23(20-38)52-36)48-26(41)15-9-3)53-35-33(50-28(43)17-11-5)32(49-27(42)16-10-4)30(22(19-37)46-35)47-25(40)14-8-2/h22-23,30-35,37-38H,7-21H2,1-6H3/t22-,23-,30-,31-,32+,33-,34+,35-,36+/m1/s1. The Morgan fingerprint density at radius 3 is 1.36 bits per heavy atom. The SMILES string of the molecule is CCCC(=O)OC[C@@]1(O[C@H]2O[C@H](CO)[C@@H](OC(=O)CCC)[C@H](OC(=O)CCC)[C@H]2OC(=O)CCC)O[C@H](CO)[C@@H](OC(=O)CCC)[C@@H]1OC(=O)CCC. The number of esters is 6. The molecule has 0 unspecified atom stereocenters. The van der Waals surface area contributed by atoms with Gasteiger partial charge in [0.2, 0.25) is 12.1 Å². The van der Waals surface area contributed by atoms with Crippen LogP contribution in [0.3, 0.4) is 0 Å². The zero-order chi connectivity index (χ0) is 39.6. The zero-order valence-corrected chi connectivity index (χ0v) is 31.7. The molecule has 2 fully saturated rings. The summed E-state index contributed by atoms with van der Waals surface area (Å²) in [4.78, 5) is 77.6. The third kappa shape index (κ3) is 13.5. The normalized spacial score (nSPS) is 28.1. The first kappa shape index (κ1) is 45.8. The largest absolute Gasteiger partial charge is 0.460 e. The van der Waals surface area contributed by atoms with E-state index >= 15 is 0 Å². The van der Waals surface area contributed by atoms with Gasteiger partial charge in [-0.2, -0.15) is 0 Å². The van der Waals surface area contributed by atoms with Gasteiger partial charge in [-0.15, -0.1) is 0 Å². The summed E-state index contributed by atoms with van der Waals surface area (Å²) in [6.45, 7) is 7.98. The van der Waals surface area contributed by atoms with Crippen molar-refractivity contribution >= 4 is 35.8 Å². The highest BCUT2D eigenvalue weighted by Gasteiger charge is 2.64. The Hall–Kier alpha value is -3.38. The van der Waals surface area contributed by atoms with Crippen molar-refractivity contribution in [3.05, 3.63) is 0 Å². The second-order valence-electron chi connectivity index (χ2n) is 12.9. The number of carbonyl (C=O) groups is 6. The number of aliphatic hydroxyl groups excluding tert-OH is 2. The molecule has 304 valence electrons. The van der Waals surface area contributed by atoms with Crippen LogP contribution in [0.1, 0.15) is 119 Å². The number of carbonyl (C=O) groups excluding carboxylic acids is 6. The first-order chi connectivity index (χ1) is 25.4. The van der Waals surface area contributed by atoms with Crippen molar-refractivity contribution in [1.82, 2.24) is 0 Å². The summed E-state index contributed by atoms with van der Waals surface area (Å²) >= 11 is 0. The summed E-state index contributed by atoms with van der Waals surface area (Å²) in [6.07, 6.45) is -10.8. The van der Waals surface area contributed by atoms with Crippen LogP contribution in [-0.2, 0) is 71.4 Å². The number of hydrogen-bond donors (Lipinski definition) is 2. The molecule has 0 aromatic carbocycles. The lowest BCUT2D eigenvalue weighted by molar-refractivity contribution is -0.384. The molecule has 9 atom stereocenters. The Balaban J connectivity index is 2.82. The highest BCUT2D eigenvalue weighted by Crippen LogP contribution is 2.41. The molecule has 0 aromatic heterocycles. The predicted octanol–water partition coefficient (Wildman–Crippen LogP) is 2.71. The summed E-state index contributed by atoms with van der Waals surface area (Å²) < 4.78 is 53.0. The van der Waals surface area contributed by atoms with Crippen molar-refractivity contribution in [2.75, 3.05) is 19.8 Å². The topological polar surface area (TPSA) is 226 Å². The van der Waals surface area contributed by atoms with Crippen LogP contribution in [0, 0.1) is 0 Å². The van der Waals surface area contributed by atoms with Crippen LogP contribution in [0.25, 0.3) is 0 Å². The molecule has 0 saturated carbocycles. The van der Waals surface area contributed by atoms with Crippen LogP contribution in [0.4, 0.5) is 0 Å². The number of aliphatic hydroxyl groups is 2. The third-order valence-corrected chi connectivity index (χ3v) is 8.20. The first-order valence-electron chi connectivity index (χ1n) is 18.7. The van der Waals surface area contributed by atoms with Crippen molar-refractivity contribution in [2.24, 2.45) is 0 Å². The van der Waals surface area contributed by atoms with E-state index in [9.17, 15) is 39.0 Å². The lowest BCUT2D eigenvalue weighted by atomic mass is 9.97. The van der Waals surface area contributed by atoms with Crippen LogP contribution >= 0.6 is 0 Å². The van der Waals surface area contributed by atoms with Crippen LogP contribution in [0.5, 0.6) is 0 Å². The molecule has 17 nitrogen and oxygen atoms in total. The molecule has 0 aliphatic carbocycles. The van der Waals surface area contributed by atoms with E-state index in [4.69, 9.17) is 42.6 Å². The molecule has 2 rings (SSSR count). The molecular weight excluding hydrogens is 704 g/mol. The van der Waals surface area contributed by atoms with Crippen molar-refractivity contribution in [1.29, 1.82) is 0 Å². The summed E-state index contributed by atoms with van der Waals surface area (Å²) in [7, 11) is 0. The average molecular weight is 763 g/mol. The van der Waals surface area contributed by atoms with Crippen molar-refractivity contribution < 1.29 is 81.6 Å². The van der Waals surface area contributed by atoms with E-state index in [1.807, 2.05) is 0 Å². The second-order valence-corrected chi connectivity index (χ2v) is 12.9. The minimum atomic E-state index is -2.42. The van der Waals surface area contributed by atoms with Gasteiger partial charge in [-0.05, 0) is 38.5 Å². The van der Waals surface area contributed by atoms with E-state index in [1.54, 1.807) is 41.5 Å². The zero-order valence-electron chi connectivity index (χ0n) is 31.7. The van der Waals surface area contributed by atoms with Gasteiger partial charge in [0, 0.05) is 38.5 Å². The van der Waals surface area contributed by atoms with Crippen molar-refractivity contribution in [3.63, 3.8) is 0 Å². The van der Waals surface area contributed by atoms with Gasteiger partial charge in [-0.1, -0.05) is 41.5 Å². The molecule has 53 heavy (non-hydrogen) atoms. The van der Waals surface area contributed by atoms with Gasteiger partial charge in [-0.25, -0.2) is 0 Å². The first-order valence-corrected chi connectivity index (χ1v) is 18.7. The molecule has 0 bridgehead atoms. The smallest absolute Gasteiger partial charge is 0.306 e. The maximum absolute atomic E-state index is 13.1. The minimum Gasteiger partial charge on any atom is -0.460 e. The van der Waals surface area contributed by atoms with Gasteiger partial charge in [0.25, 0.3) is 0 Å². The van der Waals surface area contributed by atoms with Gasteiger partial charge >= 0.3 is 35.8 Å². The van der Waals surface area contributed by atoms with Crippen molar-refractivity contribution in [2.45, 2.75) is 173 Å². The lowest BCUT2D eigenvalue weighted by Crippen LogP contribution is -2.65. The Morgan fingerprint density at radius 2 is 0.906 bits per heavy atom. The predicted molar refractivity (Wildman–Crippen MR) is 181 cm³/mol. The van der Waals surface area contributed by atoms with E-state index in [0.29, 0.717) is 38.5 Å². The highest BCUT2D eigenvalue weighted by molar-refractivity contribution is 5.72. The summed E-state index contributed by atoms with van der Waals surface area (Å²) in [5.41, 5.74) is 0. The Morgan fingerprint density at radius 1 is 0.509 bits per heavy atom. The monoisotopic (exact) mass is 762 g/mol. The summed E-state index contributed by atoms with van der Waals surface area (Å²) in [6, 6.07) is 0. The summed E-state index contributed by atoms with van der Waals surface area (Å²) in [5, 5.41) is 20.9. The Bertz CT molecular complexity index is 1190. The fourth-order valence-corrected chi connectivity index (χ4v) is 5.76. The van der Waals surface area contributed by atoms with E-state index in [1.165, 1.54) is 0 Å². The number of ether oxygens (including phenoxy) is 9. The molecule has 0 aromatic rings. The Kier molecular flexibility index (Phi) is 20.2. The molecule has 2 aliphatic rings. The molecule has 2 N–H and O–H groups in total. The van der Waals surface area contributed by atoms with E-state index in [2.05, 4.69) is 0 Å². The van der Waals surface area contributed by atoms with E-state index in [-0.39, 0.29) is 38.5 Å². The van der Waals surface area contributed by atoms with Gasteiger partial charge in [0.15, 0.2) is 30.5 Å². The lowest BCUT2D eigenvalue weighted by Gasteiger charge is -2.46. The molecular formula is C36H58O17. The average Bonchev–Trinajstić information content (AvgIpc) is 3.37. The quantitative estimate of drug-likeness (QED) is 0.113. The van der Waals surface area contributed by atoms with E-state index < -0.39 is 110 Å². The highest BCUT2D eigenvalue weighted by atomic mass is 16.8. The molecule has 2 aliphatic heterocycles. The summed E-state index contributed by atoms with van der Waals surface area (Å²) in [5.74, 6) is -6.86. The fraction of sp³-hybridized carbons (Fsp3) is 0.833. The molecule has 0 amide bonds. The van der Waals surface area contributed by atoms with Crippen LogP contribution in [0.15, 0.2) is 0 Å². The van der Waals surface area contributed by atoms with Gasteiger partial charge in [0.05, 0.1) is 13.2 Å². The second kappa shape index (κ2) is 23.4. The van der Waals surface area contributed by atoms with E-state index in [0.717, 1.165) is 0 Å². The van der Waals surface area contributed by atoms with Crippen LogP contribution < -0.4 is 0 Å². The molecule has 17 heteroatoms. The maximum atomic E-state index is 13.1. The van der Waals surface area contributed by atoms with Gasteiger partial charge < -0.3 is 52.8 Å². The fourth-order valence-electron chi connectivity index (χ4n) is 5.76. The molecule has 0 spiro atoms.